The molecule has 2 rings (SSSR count). The van der Waals surface area contributed by atoms with E-state index in [9.17, 15) is 10.4 Å². The highest BCUT2D eigenvalue weighted by molar-refractivity contribution is 7.09. The predicted molar refractivity (Wildman–Crippen MR) is 67.5 cm³/mol. The van der Waals surface area contributed by atoms with E-state index in [0.29, 0.717) is 10.9 Å². The van der Waals surface area contributed by atoms with E-state index in [1.165, 1.54) is 11.3 Å². The Morgan fingerprint density at radius 1 is 1.76 bits per heavy atom. The SMILES string of the molecule is CCC1CCC(C#N)(C(O)c2nc(C)cs2)C1. The second-order valence-corrected chi connectivity index (χ2v) is 5.90. The Morgan fingerprint density at radius 2 is 2.53 bits per heavy atom. The van der Waals surface area contributed by atoms with Gasteiger partial charge in [0.2, 0.25) is 0 Å². The van der Waals surface area contributed by atoms with Gasteiger partial charge in [-0.2, -0.15) is 5.26 Å². The molecule has 3 unspecified atom stereocenters. The highest BCUT2D eigenvalue weighted by Gasteiger charge is 2.46. The number of hydrogen-bond donors (Lipinski definition) is 1. The Bertz CT molecular complexity index is 437. The van der Waals surface area contributed by atoms with Crippen molar-refractivity contribution in [2.24, 2.45) is 11.3 Å². The number of thiazole rings is 1. The van der Waals surface area contributed by atoms with Crippen LogP contribution in [0.2, 0.25) is 0 Å². The summed E-state index contributed by atoms with van der Waals surface area (Å²) in [6, 6.07) is 2.37. The summed E-state index contributed by atoms with van der Waals surface area (Å²) in [5, 5.41) is 22.5. The van der Waals surface area contributed by atoms with Gasteiger partial charge in [0.15, 0.2) is 0 Å². The van der Waals surface area contributed by atoms with Crippen molar-refractivity contribution in [1.82, 2.24) is 4.98 Å². The number of aliphatic hydroxyl groups is 1. The van der Waals surface area contributed by atoms with Gasteiger partial charge < -0.3 is 5.11 Å². The molecule has 1 aliphatic rings. The quantitative estimate of drug-likeness (QED) is 0.896. The molecule has 0 saturated heterocycles. The lowest BCUT2D eigenvalue weighted by Crippen LogP contribution is -2.24. The third-order valence-electron chi connectivity index (χ3n) is 3.85. The standard InChI is InChI=1S/C13H18N2OS/c1-3-10-4-5-13(6-10,8-14)11(16)12-15-9(2)7-17-12/h7,10-11,16H,3-6H2,1-2H3. The molecule has 1 N–H and O–H groups in total. The number of rotatable bonds is 3. The maximum absolute atomic E-state index is 10.4. The van der Waals surface area contributed by atoms with Crippen molar-refractivity contribution in [3.05, 3.63) is 16.1 Å². The fourth-order valence-corrected chi connectivity index (χ4v) is 3.57. The Morgan fingerprint density at radius 3 is 3.00 bits per heavy atom. The van der Waals surface area contributed by atoms with Gasteiger partial charge in [0.1, 0.15) is 11.1 Å². The monoisotopic (exact) mass is 250 g/mol. The van der Waals surface area contributed by atoms with Gasteiger partial charge in [-0.1, -0.05) is 13.3 Å². The maximum Gasteiger partial charge on any atom is 0.124 e. The van der Waals surface area contributed by atoms with Crippen LogP contribution in [0.5, 0.6) is 0 Å². The van der Waals surface area contributed by atoms with Gasteiger partial charge in [-0.05, 0) is 32.1 Å². The first kappa shape index (κ1) is 12.5. The maximum atomic E-state index is 10.4. The van der Waals surface area contributed by atoms with Crippen molar-refractivity contribution < 1.29 is 5.11 Å². The van der Waals surface area contributed by atoms with Crippen molar-refractivity contribution in [2.45, 2.75) is 45.6 Å². The third-order valence-corrected chi connectivity index (χ3v) is 4.86. The molecular formula is C13H18N2OS. The fraction of sp³-hybridized carbons (Fsp3) is 0.692. The summed E-state index contributed by atoms with van der Waals surface area (Å²) in [7, 11) is 0. The molecule has 0 radical (unpaired) electrons. The van der Waals surface area contributed by atoms with Crippen molar-refractivity contribution >= 4 is 11.3 Å². The molecule has 1 aromatic rings. The van der Waals surface area contributed by atoms with E-state index in [2.05, 4.69) is 18.0 Å². The molecule has 3 nitrogen and oxygen atoms in total. The Balaban J connectivity index is 2.22. The van der Waals surface area contributed by atoms with Crippen LogP contribution in [0.4, 0.5) is 0 Å². The molecule has 92 valence electrons. The molecule has 0 bridgehead atoms. The van der Waals surface area contributed by atoms with E-state index in [1.807, 2.05) is 12.3 Å². The fourth-order valence-electron chi connectivity index (χ4n) is 2.67. The molecule has 17 heavy (non-hydrogen) atoms. The Hall–Kier alpha value is -0.920. The molecule has 0 amide bonds. The Labute approximate surface area is 106 Å². The van der Waals surface area contributed by atoms with Crippen molar-refractivity contribution in [3.8, 4) is 6.07 Å². The van der Waals surface area contributed by atoms with Crippen LogP contribution in [0.1, 0.15) is 49.4 Å². The van der Waals surface area contributed by atoms with Gasteiger partial charge >= 0.3 is 0 Å². The van der Waals surface area contributed by atoms with Gasteiger partial charge in [0.25, 0.3) is 0 Å². The summed E-state index contributed by atoms with van der Waals surface area (Å²) < 4.78 is 0. The number of nitriles is 1. The summed E-state index contributed by atoms with van der Waals surface area (Å²) in [5.41, 5.74) is 0.313. The summed E-state index contributed by atoms with van der Waals surface area (Å²) in [6.45, 7) is 4.06. The van der Waals surface area contributed by atoms with E-state index in [-0.39, 0.29) is 0 Å². The van der Waals surface area contributed by atoms with Gasteiger partial charge in [-0.25, -0.2) is 4.98 Å². The summed E-state index contributed by atoms with van der Waals surface area (Å²) in [4.78, 5) is 4.32. The molecule has 1 heterocycles. The highest BCUT2D eigenvalue weighted by atomic mass is 32.1. The lowest BCUT2D eigenvalue weighted by molar-refractivity contribution is 0.0637. The smallest absolute Gasteiger partial charge is 0.124 e. The molecule has 1 fully saturated rings. The minimum atomic E-state index is -0.720. The van der Waals surface area contributed by atoms with Gasteiger partial charge in [0, 0.05) is 11.1 Å². The minimum Gasteiger partial charge on any atom is -0.384 e. The van der Waals surface area contributed by atoms with Crippen LogP contribution in [0.15, 0.2) is 5.38 Å². The zero-order chi connectivity index (χ0) is 12.5. The third kappa shape index (κ3) is 2.22. The number of nitrogens with zero attached hydrogens (tertiary/aromatic N) is 2. The van der Waals surface area contributed by atoms with Crippen LogP contribution < -0.4 is 0 Å². The van der Waals surface area contributed by atoms with E-state index >= 15 is 0 Å². The average Bonchev–Trinajstić information content (AvgIpc) is 2.95. The summed E-state index contributed by atoms with van der Waals surface area (Å²) in [5.74, 6) is 0.574. The zero-order valence-corrected chi connectivity index (χ0v) is 11.1. The lowest BCUT2D eigenvalue weighted by Gasteiger charge is -2.25. The van der Waals surface area contributed by atoms with Gasteiger partial charge in [-0.15, -0.1) is 11.3 Å². The van der Waals surface area contributed by atoms with Gasteiger partial charge in [0.05, 0.1) is 11.5 Å². The molecular weight excluding hydrogens is 232 g/mol. The van der Waals surface area contributed by atoms with Crippen molar-refractivity contribution in [3.63, 3.8) is 0 Å². The number of aliphatic hydroxyl groups excluding tert-OH is 1. The number of aromatic nitrogens is 1. The van der Waals surface area contributed by atoms with Crippen LogP contribution in [-0.4, -0.2) is 10.1 Å². The lowest BCUT2D eigenvalue weighted by atomic mass is 9.81. The van der Waals surface area contributed by atoms with Crippen LogP contribution in [0.25, 0.3) is 0 Å². The van der Waals surface area contributed by atoms with E-state index < -0.39 is 11.5 Å². The molecule has 1 saturated carbocycles. The molecule has 0 spiro atoms. The Kier molecular flexibility index (Phi) is 3.50. The van der Waals surface area contributed by atoms with Crippen LogP contribution >= 0.6 is 11.3 Å². The van der Waals surface area contributed by atoms with E-state index in [0.717, 1.165) is 31.4 Å². The second kappa shape index (κ2) is 4.75. The number of hydrogen-bond acceptors (Lipinski definition) is 4. The summed E-state index contributed by atoms with van der Waals surface area (Å²) in [6.07, 6.45) is 3.02. The molecule has 1 aliphatic carbocycles. The first-order valence-corrected chi connectivity index (χ1v) is 7.00. The molecule has 4 heteroatoms. The molecule has 3 atom stereocenters. The number of aryl methyl sites for hydroxylation is 1. The highest BCUT2D eigenvalue weighted by Crippen LogP contribution is 2.50. The second-order valence-electron chi connectivity index (χ2n) is 5.01. The topological polar surface area (TPSA) is 56.9 Å². The first-order valence-electron chi connectivity index (χ1n) is 6.12. The van der Waals surface area contributed by atoms with Crippen LogP contribution in [0.3, 0.4) is 0 Å². The predicted octanol–water partition coefficient (Wildman–Crippen LogP) is 3.21. The largest absolute Gasteiger partial charge is 0.384 e. The first-order chi connectivity index (χ1) is 8.11. The normalized spacial score (nSPS) is 30.1. The minimum absolute atomic E-state index is 0.574. The van der Waals surface area contributed by atoms with Gasteiger partial charge in [-0.3, -0.25) is 0 Å². The molecule has 1 aromatic heterocycles. The average molecular weight is 250 g/mol. The zero-order valence-electron chi connectivity index (χ0n) is 10.3. The molecule has 0 aliphatic heterocycles. The van der Waals surface area contributed by atoms with E-state index in [1.54, 1.807) is 0 Å². The van der Waals surface area contributed by atoms with Crippen LogP contribution in [0, 0.1) is 29.6 Å². The van der Waals surface area contributed by atoms with E-state index in [4.69, 9.17) is 0 Å². The van der Waals surface area contributed by atoms with Crippen molar-refractivity contribution in [2.75, 3.05) is 0 Å². The summed E-state index contributed by atoms with van der Waals surface area (Å²) >= 11 is 1.46. The van der Waals surface area contributed by atoms with Crippen LogP contribution in [-0.2, 0) is 0 Å². The van der Waals surface area contributed by atoms with Crippen molar-refractivity contribution in [1.29, 1.82) is 5.26 Å². The molecule has 0 aromatic carbocycles.